The van der Waals surface area contributed by atoms with Crippen molar-refractivity contribution in [1.82, 2.24) is 14.8 Å². The fourth-order valence-corrected chi connectivity index (χ4v) is 1.90. The number of hydrogen-bond acceptors (Lipinski definition) is 2. The first-order valence-corrected chi connectivity index (χ1v) is 4.72. The van der Waals surface area contributed by atoms with Crippen molar-refractivity contribution < 1.29 is 0 Å². The Morgan fingerprint density at radius 3 is 2.67 bits per heavy atom. The van der Waals surface area contributed by atoms with Crippen molar-refractivity contribution in [3.63, 3.8) is 0 Å². The molecule has 0 bridgehead atoms. The molecule has 66 valence electrons. The third-order valence-electron chi connectivity index (χ3n) is 2.59. The van der Waals surface area contributed by atoms with Crippen LogP contribution in [0.2, 0.25) is 0 Å². The minimum atomic E-state index is 0.639. The molecule has 0 unspecified atom stereocenters. The molecule has 12 heavy (non-hydrogen) atoms. The molecular weight excluding hydrogens is 150 g/mol. The van der Waals surface area contributed by atoms with Crippen LogP contribution in [0.25, 0.3) is 0 Å². The van der Waals surface area contributed by atoms with Gasteiger partial charge in [-0.1, -0.05) is 19.3 Å². The minimum absolute atomic E-state index is 0.639. The Morgan fingerprint density at radius 1 is 1.33 bits per heavy atom. The quantitative estimate of drug-likeness (QED) is 0.636. The van der Waals surface area contributed by atoms with E-state index < -0.39 is 0 Å². The Bertz CT molecular complexity index is 248. The molecule has 3 nitrogen and oxygen atoms in total. The topological polar surface area (TPSA) is 30.7 Å². The van der Waals surface area contributed by atoms with Gasteiger partial charge in [0.05, 0.1) is 0 Å². The highest BCUT2D eigenvalue weighted by molar-refractivity contribution is 4.94. The van der Waals surface area contributed by atoms with Gasteiger partial charge in [0, 0.05) is 13.0 Å². The van der Waals surface area contributed by atoms with E-state index in [1.165, 1.54) is 32.1 Å². The first-order chi connectivity index (χ1) is 5.86. The molecule has 1 saturated carbocycles. The van der Waals surface area contributed by atoms with Crippen molar-refractivity contribution in [3.8, 4) is 0 Å². The van der Waals surface area contributed by atoms with E-state index in [2.05, 4.69) is 10.1 Å². The van der Waals surface area contributed by atoms with Crippen molar-refractivity contribution in [3.05, 3.63) is 12.2 Å². The monoisotopic (exact) mass is 165 g/mol. The van der Waals surface area contributed by atoms with Gasteiger partial charge in [-0.25, -0.2) is 4.98 Å². The molecule has 0 spiro atoms. The normalized spacial score (nSPS) is 19.8. The summed E-state index contributed by atoms with van der Waals surface area (Å²) in [4.78, 5) is 4.29. The summed E-state index contributed by atoms with van der Waals surface area (Å²) in [6.07, 6.45) is 8.45. The highest BCUT2D eigenvalue weighted by atomic mass is 15.3. The second-order valence-electron chi connectivity index (χ2n) is 3.61. The zero-order valence-electron chi connectivity index (χ0n) is 7.53. The third kappa shape index (κ3) is 1.49. The molecule has 0 amide bonds. The van der Waals surface area contributed by atoms with Crippen LogP contribution in [-0.2, 0) is 7.05 Å². The first kappa shape index (κ1) is 7.77. The summed E-state index contributed by atoms with van der Waals surface area (Å²) in [5, 5.41) is 4.34. The van der Waals surface area contributed by atoms with E-state index in [4.69, 9.17) is 0 Å². The van der Waals surface area contributed by atoms with Crippen LogP contribution in [-0.4, -0.2) is 14.8 Å². The summed E-state index contributed by atoms with van der Waals surface area (Å²) < 4.78 is 1.80. The molecule has 1 aliphatic carbocycles. The molecule has 1 aromatic rings. The van der Waals surface area contributed by atoms with Crippen molar-refractivity contribution in [2.75, 3.05) is 0 Å². The van der Waals surface area contributed by atoms with Crippen LogP contribution in [0.5, 0.6) is 0 Å². The average Bonchev–Trinajstić information content (AvgIpc) is 2.54. The van der Waals surface area contributed by atoms with Gasteiger partial charge >= 0.3 is 0 Å². The summed E-state index contributed by atoms with van der Waals surface area (Å²) in [5.41, 5.74) is 0. The Kier molecular flexibility index (Phi) is 2.11. The lowest BCUT2D eigenvalue weighted by molar-refractivity contribution is 0.427. The van der Waals surface area contributed by atoms with Gasteiger partial charge in [0.2, 0.25) is 0 Å². The van der Waals surface area contributed by atoms with Gasteiger partial charge in [-0.05, 0) is 12.8 Å². The largest absolute Gasteiger partial charge is 0.256 e. The number of rotatable bonds is 1. The van der Waals surface area contributed by atoms with E-state index in [9.17, 15) is 0 Å². The first-order valence-electron chi connectivity index (χ1n) is 4.72. The van der Waals surface area contributed by atoms with Crippen LogP contribution in [0, 0.1) is 0 Å². The maximum Gasteiger partial charge on any atom is 0.153 e. The Morgan fingerprint density at radius 2 is 2.08 bits per heavy atom. The van der Waals surface area contributed by atoms with Crippen molar-refractivity contribution in [2.24, 2.45) is 7.05 Å². The standard InChI is InChI=1S/C9H15N3/c1-12-7-10-9(11-12)8-5-3-2-4-6-8/h7-8H,2-6H2,1H3. The van der Waals surface area contributed by atoms with E-state index in [1.807, 2.05) is 7.05 Å². The molecule has 0 saturated heterocycles. The Labute approximate surface area is 72.8 Å². The van der Waals surface area contributed by atoms with Crippen molar-refractivity contribution in [2.45, 2.75) is 38.0 Å². The fourth-order valence-electron chi connectivity index (χ4n) is 1.90. The second-order valence-corrected chi connectivity index (χ2v) is 3.61. The van der Waals surface area contributed by atoms with Gasteiger partial charge in [0.1, 0.15) is 6.33 Å². The third-order valence-corrected chi connectivity index (χ3v) is 2.59. The van der Waals surface area contributed by atoms with Gasteiger partial charge < -0.3 is 0 Å². The SMILES string of the molecule is Cn1cnc(C2CCCCC2)n1. The lowest BCUT2D eigenvalue weighted by atomic mass is 9.89. The van der Waals surface area contributed by atoms with Crippen LogP contribution in [0.3, 0.4) is 0 Å². The van der Waals surface area contributed by atoms with E-state index in [0.717, 1.165) is 5.82 Å². The molecule has 1 heterocycles. The second kappa shape index (κ2) is 3.25. The fraction of sp³-hybridized carbons (Fsp3) is 0.778. The number of nitrogens with zero attached hydrogens (tertiary/aromatic N) is 3. The van der Waals surface area contributed by atoms with Crippen LogP contribution in [0.1, 0.15) is 43.8 Å². The lowest BCUT2D eigenvalue weighted by Gasteiger charge is -2.18. The van der Waals surface area contributed by atoms with E-state index >= 15 is 0 Å². The van der Waals surface area contributed by atoms with Gasteiger partial charge in [0.25, 0.3) is 0 Å². The van der Waals surface area contributed by atoms with Gasteiger partial charge in [-0.3, -0.25) is 4.68 Å². The molecule has 0 aliphatic heterocycles. The van der Waals surface area contributed by atoms with Crippen LogP contribution < -0.4 is 0 Å². The zero-order chi connectivity index (χ0) is 8.39. The molecule has 1 aromatic heterocycles. The molecule has 0 aromatic carbocycles. The van der Waals surface area contributed by atoms with Gasteiger partial charge in [-0.15, -0.1) is 0 Å². The lowest BCUT2D eigenvalue weighted by Crippen LogP contribution is -2.06. The van der Waals surface area contributed by atoms with E-state index in [0.29, 0.717) is 5.92 Å². The predicted molar refractivity (Wildman–Crippen MR) is 46.8 cm³/mol. The summed E-state index contributed by atoms with van der Waals surface area (Å²) in [7, 11) is 1.93. The van der Waals surface area contributed by atoms with Gasteiger partial charge in [0.15, 0.2) is 5.82 Å². The Hall–Kier alpha value is -0.860. The summed E-state index contributed by atoms with van der Waals surface area (Å²) >= 11 is 0. The number of aromatic nitrogens is 3. The number of hydrogen-bond donors (Lipinski definition) is 0. The van der Waals surface area contributed by atoms with E-state index in [1.54, 1.807) is 11.0 Å². The van der Waals surface area contributed by atoms with Crippen LogP contribution >= 0.6 is 0 Å². The summed E-state index contributed by atoms with van der Waals surface area (Å²) in [6, 6.07) is 0. The molecule has 3 heteroatoms. The molecule has 0 atom stereocenters. The van der Waals surface area contributed by atoms with Crippen LogP contribution in [0.4, 0.5) is 0 Å². The highest BCUT2D eigenvalue weighted by Gasteiger charge is 2.18. The molecule has 0 radical (unpaired) electrons. The van der Waals surface area contributed by atoms with Crippen LogP contribution in [0.15, 0.2) is 6.33 Å². The maximum atomic E-state index is 4.34. The molecule has 0 N–H and O–H groups in total. The Balaban J connectivity index is 2.08. The predicted octanol–water partition coefficient (Wildman–Crippen LogP) is 1.86. The molecule has 1 aliphatic rings. The minimum Gasteiger partial charge on any atom is -0.256 e. The van der Waals surface area contributed by atoms with E-state index in [-0.39, 0.29) is 0 Å². The summed E-state index contributed by atoms with van der Waals surface area (Å²) in [5.74, 6) is 1.69. The smallest absolute Gasteiger partial charge is 0.153 e. The average molecular weight is 165 g/mol. The molecule has 1 fully saturated rings. The van der Waals surface area contributed by atoms with Crippen molar-refractivity contribution in [1.29, 1.82) is 0 Å². The zero-order valence-corrected chi connectivity index (χ0v) is 7.53. The highest BCUT2D eigenvalue weighted by Crippen LogP contribution is 2.30. The number of aryl methyl sites for hydroxylation is 1. The van der Waals surface area contributed by atoms with Gasteiger partial charge in [-0.2, -0.15) is 5.10 Å². The maximum absolute atomic E-state index is 4.34. The van der Waals surface area contributed by atoms with Crippen molar-refractivity contribution >= 4 is 0 Å². The molecular formula is C9H15N3. The summed E-state index contributed by atoms with van der Waals surface area (Å²) in [6.45, 7) is 0. The molecule has 2 rings (SSSR count).